The number of nitrogens with zero attached hydrogens (tertiary/aromatic N) is 3. The van der Waals surface area contributed by atoms with Gasteiger partial charge in [0.15, 0.2) is 0 Å². The zero-order valence-electron chi connectivity index (χ0n) is 19.6. The number of fused-ring (bicyclic) bond motifs is 1. The molecule has 5 atom stereocenters. The van der Waals surface area contributed by atoms with Gasteiger partial charge in [-0.1, -0.05) is 42.5 Å². The van der Waals surface area contributed by atoms with E-state index in [1.165, 1.54) is 4.90 Å². The van der Waals surface area contributed by atoms with Gasteiger partial charge in [0.25, 0.3) is 0 Å². The third-order valence-electron chi connectivity index (χ3n) is 7.32. The average molecular weight is 468 g/mol. The maximum Gasteiger partial charge on any atom is 0.248 e. The highest BCUT2D eigenvalue weighted by Crippen LogP contribution is 2.58. The molecule has 3 aliphatic heterocycles. The Kier molecular flexibility index (Phi) is 6.91. The maximum absolute atomic E-state index is 14.0. The van der Waals surface area contributed by atoms with Crippen molar-refractivity contribution in [2.24, 2.45) is 11.8 Å². The molecule has 1 aromatic carbocycles. The number of rotatable bonds is 10. The van der Waals surface area contributed by atoms with Gasteiger partial charge in [-0.2, -0.15) is 0 Å². The lowest BCUT2D eigenvalue weighted by atomic mass is 9.70. The summed E-state index contributed by atoms with van der Waals surface area (Å²) in [7, 11) is 1.68. The summed E-state index contributed by atoms with van der Waals surface area (Å²) in [4.78, 5) is 45.6. The molecule has 3 amide bonds. The Hall–Kier alpha value is -2.97. The van der Waals surface area contributed by atoms with Gasteiger partial charge >= 0.3 is 0 Å². The van der Waals surface area contributed by atoms with Gasteiger partial charge in [-0.25, -0.2) is 0 Å². The predicted octanol–water partition coefficient (Wildman–Crippen LogP) is 1.21. The SMILES string of the molecule is C=CCN(C)C(=O)[C@@H]1[C@@H]2CCC3(O2)C(C(=O)N(CC=C)Cc2ccccc2)N(CCO)C(=O)[C@H]13. The number of benzene rings is 1. The Morgan fingerprint density at radius 2 is 1.91 bits per heavy atom. The molecule has 3 heterocycles. The number of aliphatic hydroxyl groups excluding tert-OH is 1. The van der Waals surface area contributed by atoms with Gasteiger partial charge in [0.1, 0.15) is 11.6 Å². The van der Waals surface area contributed by atoms with Crippen molar-refractivity contribution in [3.63, 3.8) is 0 Å². The van der Waals surface area contributed by atoms with E-state index in [4.69, 9.17) is 4.74 Å². The molecule has 2 bridgehead atoms. The molecule has 2 unspecified atom stereocenters. The molecule has 3 aliphatic rings. The maximum atomic E-state index is 14.0. The normalized spacial score (nSPS) is 29.1. The van der Waals surface area contributed by atoms with E-state index in [0.717, 1.165) is 5.56 Å². The van der Waals surface area contributed by atoms with Crippen molar-refractivity contribution in [2.75, 3.05) is 33.3 Å². The summed E-state index contributed by atoms with van der Waals surface area (Å²) in [6, 6.07) is 8.73. The zero-order valence-corrected chi connectivity index (χ0v) is 19.6. The van der Waals surface area contributed by atoms with E-state index >= 15 is 0 Å². The number of likely N-dealkylation sites (N-methyl/N-ethyl adjacent to an activating group) is 1. The van der Waals surface area contributed by atoms with Gasteiger partial charge < -0.3 is 24.5 Å². The molecule has 34 heavy (non-hydrogen) atoms. The van der Waals surface area contributed by atoms with Crippen LogP contribution in [0.2, 0.25) is 0 Å². The van der Waals surface area contributed by atoms with Crippen molar-refractivity contribution < 1.29 is 24.2 Å². The quantitative estimate of drug-likeness (QED) is 0.523. The molecule has 0 aliphatic carbocycles. The summed E-state index contributed by atoms with van der Waals surface area (Å²) < 4.78 is 6.41. The first-order chi connectivity index (χ1) is 16.4. The van der Waals surface area contributed by atoms with Crippen molar-refractivity contribution in [2.45, 2.75) is 37.1 Å². The molecule has 1 spiro atoms. The van der Waals surface area contributed by atoms with Crippen molar-refractivity contribution in [3.8, 4) is 0 Å². The lowest BCUT2D eigenvalue weighted by Crippen LogP contribution is -2.56. The Morgan fingerprint density at radius 1 is 1.21 bits per heavy atom. The van der Waals surface area contributed by atoms with E-state index in [1.54, 1.807) is 29.0 Å². The Labute approximate surface area is 200 Å². The molecule has 3 saturated heterocycles. The van der Waals surface area contributed by atoms with Gasteiger partial charge in [-0.05, 0) is 18.4 Å². The molecule has 0 radical (unpaired) electrons. The molecule has 8 heteroatoms. The average Bonchev–Trinajstić information content (AvgIpc) is 3.47. The van der Waals surface area contributed by atoms with Crippen LogP contribution in [0.1, 0.15) is 18.4 Å². The van der Waals surface area contributed by atoms with E-state index < -0.39 is 29.6 Å². The second kappa shape index (κ2) is 9.72. The van der Waals surface area contributed by atoms with Crippen LogP contribution in [0.4, 0.5) is 0 Å². The highest BCUT2D eigenvalue weighted by molar-refractivity contribution is 5.99. The zero-order chi connectivity index (χ0) is 24.5. The van der Waals surface area contributed by atoms with Crippen molar-refractivity contribution in [1.82, 2.24) is 14.7 Å². The number of aliphatic hydroxyl groups is 1. The minimum atomic E-state index is -1.07. The topological polar surface area (TPSA) is 90.4 Å². The number of β-amino-alcohol motifs (C(OH)–C–C–N with tert-alkyl or cyclic N) is 1. The first kappa shape index (κ1) is 24.2. The minimum absolute atomic E-state index is 0.0121. The number of hydrogen-bond donors (Lipinski definition) is 1. The summed E-state index contributed by atoms with van der Waals surface area (Å²) in [6.45, 7) is 8.26. The molecule has 3 fully saturated rings. The van der Waals surface area contributed by atoms with E-state index in [1.807, 2.05) is 30.3 Å². The van der Waals surface area contributed by atoms with Crippen LogP contribution in [0.25, 0.3) is 0 Å². The summed E-state index contributed by atoms with van der Waals surface area (Å²) >= 11 is 0. The van der Waals surface area contributed by atoms with Crippen LogP contribution in [0.5, 0.6) is 0 Å². The van der Waals surface area contributed by atoms with Crippen LogP contribution in [0.3, 0.4) is 0 Å². The van der Waals surface area contributed by atoms with Crippen LogP contribution >= 0.6 is 0 Å². The molecule has 8 nitrogen and oxygen atoms in total. The molecule has 182 valence electrons. The standard InChI is InChI=1S/C26H33N3O5/c1-4-13-27(3)23(31)20-19-11-12-26(34-19)21(20)24(32)29(15-16-30)22(26)25(33)28(14-5-2)17-18-9-7-6-8-10-18/h4-10,19-22,30H,1-2,11-17H2,3H3/t19-,20+,21-,22?,26?/m0/s1. The number of amides is 3. The first-order valence-electron chi connectivity index (χ1n) is 11.8. The van der Waals surface area contributed by atoms with Crippen molar-refractivity contribution >= 4 is 17.7 Å². The largest absolute Gasteiger partial charge is 0.395 e. The van der Waals surface area contributed by atoms with Gasteiger partial charge in [-0.15, -0.1) is 13.2 Å². The number of likely N-dealkylation sites (tertiary alicyclic amines) is 1. The molecule has 1 N–H and O–H groups in total. The summed E-state index contributed by atoms with van der Waals surface area (Å²) in [6.07, 6.45) is 4.03. The Morgan fingerprint density at radius 3 is 2.56 bits per heavy atom. The van der Waals surface area contributed by atoms with Crippen LogP contribution in [-0.2, 0) is 25.7 Å². The van der Waals surface area contributed by atoms with E-state index in [-0.39, 0.29) is 30.9 Å². The molecule has 0 aromatic heterocycles. The highest BCUT2D eigenvalue weighted by atomic mass is 16.5. The van der Waals surface area contributed by atoms with E-state index in [2.05, 4.69) is 13.2 Å². The van der Waals surface area contributed by atoms with Crippen LogP contribution in [0.15, 0.2) is 55.6 Å². The molecule has 0 saturated carbocycles. The fourth-order valence-corrected chi connectivity index (χ4v) is 5.97. The summed E-state index contributed by atoms with van der Waals surface area (Å²) in [5.41, 5.74) is -0.111. The van der Waals surface area contributed by atoms with Crippen molar-refractivity contribution in [1.29, 1.82) is 0 Å². The van der Waals surface area contributed by atoms with Crippen LogP contribution < -0.4 is 0 Å². The fourth-order valence-electron chi connectivity index (χ4n) is 5.97. The number of hydrogen-bond acceptors (Lipinski definition) is 5. The number of ether oxygens (including phenoxy) is 1. The lowest BCUT2D eigenvalue weighted by Gasteiger charge is -2.36. The Balaban J connectivity index is 1.69. The predicted molar refractivity (Wildman–Crippen MR) is 126 cm³/mol. The van der Waals surface area contributed by atoms with Gasteiger partial charge in [-0.3, -0.25) is 14.4 Å². The number of carbonyl (C=O) groups excluding carboxylic acids is 3. The second-order valence-electron chi connectivity index (χ2n) is 9.31. The highest BCUT2D eigenvalue weighted by Gasteiger charge is 2.74. The fraction of sp³-hybridized carbons (Fsp3) is 0.500. The third kappa shape index (κ3) is 3.84. The van der Waals surface area contributed by atoms with Crippen molar-refractivity contribution in [3.05, 3.63) is 61.2 Å². The minimum Gasteiger partial charge on any atom is -0.395 e. The molecule has 1 aromatic rings. The van der Waals surface area contributed by atoms with Crippen LogP contribution in [-0.4, -0.2) is 88.6 Å². The van der Waals surface area contributed by atoms with Gasteiger partial charge in [0.05, 0.1) is 24.5 Å². The van der Waals surface area contributed by atoms with E-state index in [9.17, 15) is 19.5 Å². The summed E-state index contributed by atoms with van der Waals surface area (Å²) in [5, 5.41) is 9.72. The number of carbonyl (C=O) groups is 3. The second-order valence-corrected chi connectivity index (χ2v) is 9.31. The lowest BCUT2D eigenvalue weighted by molar-refractivity contribution is -0.149. The van der Waals surface area contributed by atoms with E-state index in [0.29, 0.717) is 32.5 Å². The molecular formula is C26H33N3O5. The monoisotopic (exact) mass is 467 g/mol. The first-order valence-corrected chi connectivity index (χ1v) is 11.8. The van der Waals surface area contributed by atoms with Gasteiger partial charge in [0.2, 0.25) is 17.7 Å². The Bertz CT molecular complexity index is 966. The smallest absolute Gasteiger partial charge is 0.248 e. The molecular weight excluding hydrogens is 434 g/mol. The summed E-state index contributed by atoms with van der Waals surface area (Å²) in [5.74, 6) is -2.10. The van der Waals surface area contributed by atoms with Crippen LogP contribution in [0, 0.1) is 11.8 Å². The molecule has 4 rings (SSSR count). The third-order valence-corrected chi connectivity index (χ3v) is 7.32. The van der Waals surface area contributed by atoms with Gasteiger partial charge in [0, 0.05) is 33.2 Å².